The average Bonchev–Trinajstić information content (AvgIpc) is 1.63. The number of anilines is 8. The fraction of sp³-hybridized carbons (Fsp3) is 0.528. The van der Waals surface area contributed by atoms with Gasteiger partial charge in [0.05, 0.1) is 73.8 Å². The summed E-state index contributed by atoms with van der Waals surface area (Å²) in [6.45, 7) is 18.1. The number of ether oxygens (including phenoxy) is 2. The second-order valence-electron chi connectivity index (χ2n) is 34.8. The fourth-order valence-corrected chi connectivity index (χ4v) is 19.9. The predicted octanol–water partition coefficient (Wildman–Crippen LogP) is 14.0. The number of allylic oxidation sites excluding steroid dienone is 5. The van der Waals surface area contributed by atoms with Crippen molar-refractivity contribution in [2.24, 2.45) is 17.4 Å². The van der Waals surface area contributed by atoms with Crippen molar-refractivity contribution in [3.63, 3.8) is 0 Å². The van der Waals surface area contributed by atoms with Crippen LogP contribution in [0.2, 0.25) is 5.02 Å². The maximum atomic E-state index is 6.28. The first kappa shape index (κ1) is 87.8. The zero-order valence-electron chi connectivity index (χ0n) is 71.8. The Bertz CT molecular complexity index is 5400. The molecule has 3 atom stereocenters. The van der Waals surface area contributed by atoms with Crippen LogP contribution in [-0.2, 0) is 22.6 Å². The molecule has 660 valence electrons. The molecule has 124 heavy (non-hydrogen) atoms. The predicted molar refractivity (Wildman–Crippen MR) is 500 cm³/mol. The molecule has 5 aliphatic carbocycles. The molecular weight excluding hydrogens is 1720 g/mol. The van der Waals surface area contributed by atoms with Gasteiger partial charge in [0.1, 0.15) is 50.2 Å². The van der Waals surface area contributed by atoms with Crippen LogP contribution in [0, 0.1) is 26.7 Å². The molecule has 21 rings (SSSR count). The number of aryl methyl sites for hydroxylation is 3. The second-order valence-corrected chi connectivity index (χ2v) is 36.8. The largest absolute Gasteiger partial charge is 0.384 e. The van der Waals surface area contributed by atoms with Gasteiger partial charge in [0.15, 0.2) is 39.7 Å². The summed E-state index contributed by atoms with van der Waals surface area (Å²) in [4.78, 5) is 37.9. The third-order valence-corrected chi connectivity index (χ3v) is 27.7. The summed E-state index contributed by atoms with van der Waals surface area (Å²) in [7, 11) is 0. The molecule has 0 aromatic carbocycles. The van der Waals surface area contributed by atoms with Crippen molar-refractivity contribution in [1.82, 2.24) is 97.4 Å². The van der Waals surface area contributed by atoms with Crippen LogP contribution in [0.4, 0.5) is 46.5 Å². The summed E-state index contributed by atoms with van der Waals surface area (Å²) in [5, 5.41) is 26.4. The Hall–Kier alpha value is -9.65. The van der Waals surface area contributed by atoms with E-state index in [1.54, 1.807) is 39.5 Å². The number of nitrogens with two attached hydrogens (primary N) is 8. The normalized spacial score (nSPS) is 20.4. The summed E-state index contributed by atoms with van der Waals surface area (Å²) < 4.78 is 22.8. The lowest BCUT2D eigenvalue weighted by atomic mass is 9.87. The van der Waals surface area contributed by atoms with Crippen LogP contribution in [0.5, 0.6) is 0 Å². The van der Waals surface area contributed by atoms with Crippen LogP contribution >= 0.6 is 43.5 Å². The number of aromatic nitrogens is 18. The van der Waals surface area contributed by atoms with Gasteiger partial charge in [0.25, 0.3) is 0 Å². The first-order valence-corrected chi connectivity index (χ1v) is 46.6. The number of nitrogen functional groups attached to an aromatic ring is 6. The van der Waals surface area contributed by atoms with E-state index in [2.05, 4.69) is 128 Å². The van der Waals surface area contributed by atoms with Gasteiger partial charge >= 0.3 is 0 Å². The monoisotopic (exact) mass is 1830 g/mol. The smallest absolute Gasteiger partial charge is 0.164 e. The number of nitrogens with zero attached hydrogens (tertiary/aromatic N) is 22. The molecule has 12 aromatic heterocycles. The molecule has 4 aliphatic heterocycles. The Balaban J connectivity index is 0.000000110. The highest BCUT2D eigenvalue weighted by molar-refractivity contribution is 9.11. The molecule has 12 aromatic rings. The third-order valence-electron chi connectivity index (χ3n) is 25.8. The van der Waals surface area contributed by atoms with E-state index in [-0.39, 0.29) is 12.1 Å². The highest BCUT2D eigenvalue weighted by Crippen LogP contribution is 2.41. The van der Waals surface area contributed by atoms with Crippen molar-refractivity contribution in [3.8, 4) is 0 Å². The zero-order valence-corrected chi connectivity index (χ0v) is 75.7. The summed E-state index contributed by atoms with van der Waals surface area (Å²) in [5.74, 6) is 7.94. The average molecular weight is 1840 g/mol. The molecule has 1 unspecified atom stereocenters. The third kappa shape index (κ3) is 20.1. The quantitative estimate of drug-likeness (QED) is 0.0563. The SMILES string of the molecule is Cc1cnn2c(N)c(Br)c(C3CCCCC3)nc12.Cc1cnn2c(N)c(Br)c(N3CC[C@H](N)C3)nc12.Cc1cnn2c(N)c(Cl)c(N3CC[C@H](N)C3)nc12.Nc1cc(C2CCCCC2)nc2c(/C=C/C3C=CC=CC3)cnn12.Nc1cc(C2CCCCC2)nc2c(CN3CCOCC3)cnn12.Nc1cc(C2CCCCC2)nc2c(CN3CCOCC3)cnn12. The Labute approximate surface area is 745 Å². The van der Waals surface area contributed by atoms with Crippen LogP contribution < -0.4 is 55.7 Å². The summed E-state index contributed by atoms with van der Waals surface area (Å²) in [6.07, 6.45) is 52.6. The maximum Gasteiger partial charge on any atom is 0.164 e. The minimum atomic E-state index is 0.173. The molecule has 16 heterocycles. The summed E-state index contributed by atoms with van der Waals surface area (Å²) >= 11 is 13.4. The lowest BCUT2D eigenvalue weighted by molar-refractivity contribution is 0.0342. The van der Waals surface area contributed by atoms with E-state index in [4.69, 9.17) is 86.9 Å². The minimum Gasteiger partial charge on any atom is -0.384 e. The van der Waals surface area contributed by atoms with E-state index in [0.29, 0.717) is 75.3 Å². The molecule has 0 spiro atoms. The molecule has 0 amide bonds. The number of morpholine rings is 2. The lowest BCUT2D eigenvalue weighted by Gasteiger charge is -2.26. The van der Waals surface area contributed by atoms with Gasteiger partial charge in [-0.15, -0.1) is 0 Å². The van der Waals surface area contributed by atoms with Crippen molar-refractivity contribution in [3.05, 3.63) is 156 Å². The van der Waals surface area contributed by atoms with Crippen molar-refractivity contribution >= 4 is 130 Å². The van der Waals surface area contributed by atoms with Crippen LogP contribution in [-0.4, -0.2) is 188 Å². The Morgan fingerprint density at radius 2 is 0.815 bits per heavy atom. The number of halogens is 3. The number of hydrogen-bond acceptors (Lipinski definition) is 26. The van der Waals surface area contributed by atoms with E-state index in [9.17, 15) is 0 Å². The molecular formula is C89H121Br2ClN30O2. The Kier molecular flexibility index (Phi) is 28.6. The van der Waals surface area contributed by atoms with Gasteiger partial charge < -0.3 is 65.1 Å². The molecule has 9 aliphatic rings. The number of rotatable bonds is 12. The zero-order chi connectivity index (χ0) is 86.1. The maximum absolute atomic E-state index is 6.28. The van der Waals surface area contributed by atoms with E-state index in [0.717, 1.165) is 216 Å². The Morgan fingerprint density at radius 1 is 0.419 bits per heavy atom. The van der Waals surface area contributed by atoms with E-state index in [1.165, 1.54) is 128 Å². The Morgan fingerprint density at radius 3 is 1.26 bits per heavy atom. The fourth-order valence-electron chi connectivity index (χ4n) is 18.6. The molecule has 8 fully saturated rings. The van der Waals surface area contributed by atoms with Gasteiger partial charge in [-0.3, -0.25) is 9.80 Å². The van der Waals surface area contributed by atoms with E-state index >= 15 is 0 Å². The van der Waals surface area contributed by atoms with Gasteiger partial charge in [-0.1, -0.05) is 125 Å². The van der Waals surface area contributed by atoms with Crippen LogP contribution in [0.15, 0.2) is 94.7 Å². The molecule has 0 bridgehead atoms. The molecule has 4 saturated carbocycles. The van der Waals surface area contributed by atoms with Gasteiger partial charge in [-0.25, -0.2) is 29.9 Å². The summed E-state index contributed by atoms with van der Waals surface area (Å²) in [6, 6.07) is 6.44. The van der Waals surface area contributed by atoms with E-state index < -0.39 is 0 Å². The lowest BCUT2D eigenvalue weighted by Crippen LogP contribution is -2.35. The van der Waals surface area contributed by atoms with Crippen molar-refractivity contribution in [2.75, 3.05) is 123 Å². The van der Waals surface area contributed by atoms with Crippen LogP contribution in [0.3, 0.4) is 0 Å². The topological polar surface area (TPSA) is 421 Å². The highest BCUT2D eigenvalue weighted by atomic mass is 79.9. The van der Waals surface area contributed by atoms with E-state index in [1.807, 2.05) is 63.8 Å². The van der Waals surface area contributed by atoms with Crippen LogP contribution in [0.1, 0.15) is 228 Å². The molecule has 32 nitrogen and oxygen atoms in total. The second kappa shape index (κ2) is 40.3. The molecule has 35 heteroatoms. The molecule has 0 radical (unpaired) electrons. The van der Waals surface area contributed by atoms with Crippen molar-refractivity contribution < 1.29 is 9.47 Å². The molecule has 16 N–H and O–H groups in total. The van der Waals surface area contributed by atoms with Gasteiger partial charge in [0.2, 0.25) is 0 Å². The summed E-state index contributed by atoms with van der Waals surface area (Å²) in [5.41, 5.74) is 64.9. The van der Waals surface area contributed by atoms with Gasteiger partial charge in [0, 0.05) is 170 Å². The standard InChI is InChI=1S/C20H24N4.2C17H25N5O.C13H17BrN4.C11H15BrN6.C11H15ClN6/c21-19-13-18(16-9-5-2-6-10-16)23-20-17(14-22-24(19)20)12-11-15-7-3-1-4-8-15;2*18-16-10-15(13-4-2-1-3-5-13)20-17-14(11-19-22(16)17)12-21-6-8-23-9-7-21;1-8-7-16-18-12(15)10(14)11(17-13(8)18)9-5-3-2-4-6-9;2*1-6-4-15-18-9(14)8(12)11(16-10(6)18)17-3-2-7(13)5-17/h1,3-4,7,11-16H,2,5-6,8-10,21H2;2*10-11,13H,1-9,12,18H2;7,9H,2-6,15H2,1H3;2*4,7H,2-3,5,13-14H2,1H3/b12-11+;;;;;/t;;;;2*7-/m....00/s1. The minimum absolute atomic E-state index is 0.173. The number of fused-ring (bicyclic) bond motifs is 6. The first-order valence-electron chi connectivity index (χ1n) is 44.7. The first-order chi connectivity index (χ1) is 60.3. The van der Waals surface area contributed by atoms with Crippen molar-refractivity contribution in [1.29, 1.82) is 0 Å². The van der Waals surface area contributed by atoms with Crippen molar-refractivity contribution in [2.45, 2.75) is 217 Å². The number of hydrogen-bond donors (Lipinski definition) is 8. The van der Waals surface area contributed by atoms with Gasteiger partial charge in [-0.05, 0) is 129 Å². The molecule has 4 saturated heterocycles. The van der Waals surface area contributed by atoms with Gasteiger partial charge in [-0.2, -0.15) is 57.7 Å². The van der Waals surface area contributed by atoms with Crippen LogP contribution in [0.25, 0.3) is 40.0 Å². The highest BCUT2D eigenvalue weighted by Gasteiger charge is 2.31.